The molecular weight excluding hydrogens is 316 g/mol. The van der Waals surface area contributed by atoms with Gasteiger partial charge in [-0.2, -0.15) is 5.26 Å². The van der Waals surface area contributed by atoms with E-state index in [1.165, 1.54) is 0 Å². The molecular formula is C19H26N4O2. The zero-order chi connectivity index (χ0) is 18.6. The lowest BCUT2D eigenvalue weighted by atomic mass is 9.86. The first-order chi connectivity index (χ1) is 11.7. The van der Waals surface area contributed by atoms with Gasteiger partial charge in [-0.25, -0.2) is 0 Å². The van der Waals surface area contributed by atoms with Gasteiger partial charge in [0.1, 0.15) is 0 Å². The van der Waals surface area contributed by atoms with Crippen molar-refractivity contribution in [1.82, 2.24) is 10.2 Å². The van der Waals surface area contributed by atoms with Crippen LogP contribution in [0.3, 0.4) is 0 Å². The standard InChI is InChI=1S/C19H26N4O2/c1-19(2,3)16(21)18(25)23-10-8-15(9-11-23)22-17(24)14-6-4-13(12-20)5-7-14/h4-7,15-16H,8-11,21H2,1-3H3,(H,22,24). The summed E-state index contributed by atoms with van der Waals surface area (Å²) in [4.78, 5) is 26.5. The molecule has 0 aromatic heterocycles. The SMILES string of the molecule is CC(C)(C)C(N)C(=O)N1CCC(NC(=O)c2ccc(C#N)cc2)CC1. The van der Waals surface area contributed by atoms with E-state index in [-0.39, 0.29) is 23.3 Å². The Morgan fingerprint density at radius 2 is 1.80 bits per heavy atom. The van der Waals surface area contributed by atoms with Gasteiger partial charge in [0, 0.05) is 24.7 Å². The summed E-state index contributed by atoms with van der Waals surface area (Å²) in [7, 11) is 0. The van der Waals surface area contributed by atoms with Crippen LogP contribution >= 0.6 is 0 Å². The number of nitrogens with two attached hydrogens (primary N) is 1. The lowest BCUT2D eigenvalue weighted by molar-refractivity contribution is -0.136. The van der Waals surface area contributed by atoms with Crippen molar-refractivity contribution in [3.05, 3.63) is 35.4 Å². The molecule has 6 nitrogen and oxygen atoms in total. The van der Waals surface area contributed by atoms with Gasteiger partial charge in [-0.1, -0.05) is 20.8 Å². The third kappa shape index (κ3) is 4.80. The summed E-state index contributed by atoms with van der Waals surface area (Å²) in [5.74, 6) is -0.176. The summed E-state index contributed by atoms with van der Waals surface area (Å²) < 4.78 is 0. The van der Waals surface area contributed by atoms with E-state index in [9.17, 15) is 9.59 Å². The summed E-state index contributed by atoms with van der Waals surface area (Å²) in [5.41, 5.74) is 6.85. The Hall–Kier alpha value is -2.39. The van der Waals surface area contributed by atoms with Gasteiger partial charge in [0.2, 0.25) is 5.91 Å². The summed E-state index contributed by atoms with van der Waals surface area (Å²) >= 11 is 0. The lowest BCUT2D eigenvalue weighted by Gasteiger charge is -2.36. The Kier molecular flexibility index (Phi) is 5.81. The third-order valence-corrected chi connectivity index (χ3v) is 4.62. The predicted octanol–water partition coefficient (Wildman–Crippen LogP) is 1.65. The fraction of sp³-hybridized carbons (Fsp3) is 0.526. The fourth-order valence-corrected chi connectivity index (χ4v) is 2.78. The molecule has 1 aromatic carbocycles. The van der Waals surface area contributed by atoms with Crippen LogP contribution in [0.15, 0.2) is 24.3 Å². The highest BCUT2D eigenvalue weighted by molar-refractivity contribution is 5.94. The van der Waals surface area contributed by atoms with Crippen LogP contribution in [-0.4, -0.2) is 41.9 Å². The predicted molar refractivity (Wildman–Crippen MR) is 95.7 cm³/mol. The number of rotatable bonds is 3. The maximum atomic E-state index is 12.4. The highest BCUT2D eigenvalue weighted by Gasteiger charge is 2.33. The topological polar surface area (TPSA) is 99.2 Å². The molecule has 1 atom stereocenters. The van der Waals surface area contributed by atoms with E-state index in [1.54, 1.807) is 29.2 Å². The van der Waals surface area contributed by atoms with E-state index < -0.39 is 6.04 Å². The molecule has 25 heavy (non-hydrogen) atoms. The highest BCUT2D eigenvalue weighted by Crippen LogP contribution is 2.21. The van der Waals surface area contributed by atoms with Crippen molar-refractivity contribution in [2.24, 2.45) is 11.1 Å². The van der Waals surface area contributed by atoms with Gasteiger partial charge in [-0.15, -0.1) is 0 Å². The number of benzene rings is 1. The molecule has 0 saturated carbocycles. The minimum atomic E-state index is -0.516. The normalized spacial score (nSPS) is 16.8. The first-order valence-electron chi connectivity index (χ1n) is 8.58. The quantitative estimate of drug-likeness (QED) is 0.872. The Labute approximate surface area is 149 Å². The summed E-state index contributed by atoms with van der Waals surface area (Å²) in [5, 5.41) is 11.8. The van der Waals surface area contributed by atoms with Crippen molar-refractivity contribution < 1.29 is 9.59 Å². The molecule has 134 valence electrons. The maximum absolute atomic E-state index is 12.4. The number of carbonyl (C=O) groups is 2. The molecule has 1 aliphatic heterocycles. The molecule has 3 N–H and O–H groups in total. The number of amides is 2. The summed E-state index contributed by atoms with van der Waals surface area (Å²) in [6.45, 7) is 7.07. The van der Waals surface area contributed by atoms with Crippen LogP contribution in [0.5, 0.6) is 0 Å². The van der Waals surface area contributed by atoms with E-state index in [0.29, 0.717) is 37.1 Å². The molecule has 2 rings (SSSR count). The molecule has 1 aromatic rings. The zero-order valence-electron chi connectivity index (χ0n) is 15.1. The van der Waals surface area contributed by atoms with E-state index in [1.807, 2.05) is 26.8 Å². The van der Waals surface area contributed by atoms with Crippen molar-refractivity contribution in [2.75, 3.05) is 13.1 Å². The molecule has 1 heterocycles. The molecule has 2 amide bonds. The third-order valence-electron chi connectivity index (χ3n) is 4.62. The Bertz CT molecular complexity index is 662. The number of carbonyl (C=O) groups excluding carboxylic acids is 2. The minimum Gasteiger partial charge on any atom is -0.349 e. The number of nitriles is 1. The van der Waals surface area contributed by atoms with Crippen molar-refractivity contribution in [3.8, 4) is 6.07 Å². The molecule has 1 aliphatic rings. The van der Waals surface area contributed by atoms with Gasteiger partial charge >= 0.3 is 0 Å². The van der Waals surface area contributed by atoms with Crippen molar-refractivity contribution in [1.29, 1.82) is 5.26 Å². The van der Waals surface area contributed by atoms with Crippen LogP contribution in [0.1, 0.15) is 49.5 Å². The second-order valence-electron chi connectivity index (χ2n) is 7.61. The Morgan fingerprint density at radius 3 is 2.28 bits per heavy atom. The molecule has 0 spiro atoms. The van der Waals surface area contributed by atoms with Gasteiger partial charge < -0.3 is 16.0 Å². The molecule has 0 bridgehead atoms. The maximum Gasteiger partial charge on any atom is 0.251 e. The highest BCUT2D eigenvalue weighted by atomic mass is 16.2. The van der Waals surface area contributed by atoms with E-state index in [0.717, 1.165) is 0 Å². The molecule has 0 radical (unpaired) electrons. The summed E-state index contributed by atoms with van der Waals surface area (Å²) in [6, 6.07) is 8.11. The Morgan fingerprint density at radius 1 is 1.24 bits per heavy atom. The molecule has 1 saturated heterocycles. The number of nitrogens with one attached hydrogen (secondary N) is 1. The van der Waals surface area contributed by atoms with Gasteiger partial charge in [0.05, 0.1) is 17.7 Å². The smallest absolute Gasteiger partial charge is 0.251 e. The number of likely N-dealkylation sites (tertiary alicyclic amines) is 1. The number of nitrogens with zero attached hydrogens (tertiary/aromatic N) is 2. The van der Waals surface area contributed by atoms with E-state index >= 15 is 0 Å². The summed E-state index contributed by atoms with van der Waals surface area (Å²) in [6.07, 6.45) is 1.43. The second-order valence-corrected chi connectivity index (χ2v) is 7.61. The van der Waals surface area contributed by atoms with Gasteiger partial charge in [0.25, 0.3) is 5.91 Å². The van der Waals surface area contributed by atoms with Crippen LogP contribution in [0.25, 0.3) is 0 Å². The molecule has 6 heteroatoms. The molecule has 0 aliphatic carbocycles. The number of piperidine rings is 1. The van der Waals surface area contributed by atoms with Crippen LogP contribution in [-0.2, 0) is 4.79 Å². The lowest BCUT2D eigenvalue weighted by Crippen LogP contribution is -2.54. The fourth-order valence-electron chi connectivity index (χ4n) is 2.78. The van der Waals surface area contributed by atoms with Gasteiger partial charge in [0.15, 0.2) is 0 Å². The van der Waals surface area contributed by atoms with Crippen LogP contribution < -0.4 is 11.1 Å². The second kappa shape index (κ2) is 7.66. The minimum absolute atomic E-state index is 0.0237. The van der Waals surface area contributed by atoms with Crippen molar-refractivity contribution in [2.45, 2.75) is 45.7 Å². The zero-order valence-corrected chi connectivity index (χ0v) is 15.1. The van der Waals surface area contributed by atoms with E-state index in [4.69, 9.17) is 11.0 Å². The monoisotopic (exact) mass is 342 g/mol. The molecule has 1 fully saturated rings. The van der Waals surface area contributed by atoms with Gasteiger partial charge in [-0.3, -0.25) is 9.59 Å². The first-order valence-corrected chi connectivity index (χ1v) is 8.58. The largest absolute Gasteiger partial charge is 0.349 e. The van der Waals surface area contributed by atoms with Gasteiger partial charge in [-0.05, 0) is 42.5 Å². The molecule has 1 unspecified atom stereocenters. The van der Waals surface area contributed by atoms with Crippen molar-refractivity contribution >= 4 is 11.8 Å². The van der Waals surface area contributed by atoms with E-state index in [2.05, 4.69) is 5.32 Å². The average Bonchev–Trinajstić information content (AvgIpc) is 2.60. The van der Waals surface area contributed by atoms with Crippen molar-refractivity contribution in [3.63, 3.8) is 0 Å². The Balaban J connectivity index is 1.86. The number of hydrogen-bond acceptors (Lipinski definition) is 4. The number of hydrogen-bond donors (Lipinski definition) is 2. The van der Waals surface area contributed by atoms with Crippen LogP contribution in [0.4, 0.5) is 0 Å². The average molecular weight is 342 g/mol. The van der Waals surface area contributed by atoms with Crippen LogP contribution in [0, 0.1) is 16.7 Å². The van der Waals surface area contributed by atoms with Crippen LogP contribution in [0.2, 0.25) is 0 Å². The first kappa shape index (κ1) is 18.9.